The summed E-state index contributed by atoms with van der Waals surface area (Å²) in [4.78, 5) is 11.8. The number of nitrogens with one attached hydrogen (secondary N) is 1. The number of benzene rings is 2. The predicted octanol–water partition coefficient (Wildman–Crippen LogP) is 3.36. The molecule has 23 heavy (non-hydrogen) atoms. The highest BCUT2D eigenvalue weighted by Gasteiger charge is 2.07. The first kappa shape index (κ1) is 16.7. The minimum Gasteiger partial charge on any atom is -0.483 e. The lowest BCUT2D eigenvalue weighted by atomic mass is 10.1. The molecule has 0 unspecified atom stereocenters. The molecule has 2 rings (SSSR count). The summed E-state index contributed by atoms with van der Waals surface area (Å²) >= 11 is 0. The highest BCUT2D eigenvalue weighted by molar-refractivity contribution is 5.99. The second-order valence-corrected chi connectivity index (χ2v) is 5.25. The minimum absolute atomic E-state index is 0.119. The van der Waals surface area contributed by atoms with E-state index in [1.165, 1.54) is 12.1 Å². The van der Waals surface area contributed by atoms with Crippen molar-refractivity contribution in [3.8, 4) is 5.75 Å². The standard InChI is InChI=1S/C18H19FN2O2/c1-12-5-4-6-13(2)18(12)23-11-17(22)21-20-14(3)15-7-9-16(19)10-8-15/h4-10H,11H2,1-3H3,(H,21,22). The monoisotopic (exact) mass is 314 g/mol. The van der Waals surface area contributed by atoms with Gasteiger partial charge in [0.25, 0.3) is 5.91 Å². The zero-order chi connectivity index (χ0) is 16.8. The molecule has 1 N–H and O–H groups in total. The molecule has 0 saturated carbocycles. The molecule has 0 aliphatic rings. The van der Waals surface area contributed by atoms with Crippen molar-refractivity contribution in [3.63, 3.8) is 0 Å². The third kappa shape index (κ3) is 4.64. The van der Waals surface area contributed by atoms with E-state index in [9.17, 15) is 9.18 Å². The van der Waals surface area contributed by atoms with Gasteiger partial charge in [-0.15, -0.1) is 0 Å². The van der Waals surface area contributed by atoms with Crippen LogP contribution in [0.2, 0.25) is 0 Å². The zero-order valence-corrected chi connectivity index (χ0v) is 13.4. The number of hydrogen-bond acceptors (Lipinski definition) is 3. The van der Waals surface area contributed by atoms with Crippen LogP contribution in [0.4, 0.5) is 4.39 Å². The third-order valence-corrected chi connectivity index (χ3v) is 3.37. The number of carbonyl (C=O) groups excluding carboxylic acids is 1. The smallest absolute Gasteiger partial charge is 0.277 e. The van der Waals surface area contributed by atoms with Crippen molar-refractivity contribution >= 4 is 11.6 Å². The van der Waals surface area contributed by atoms with Crippen LogP contribution in [-0.2, 0) is 4.79 Å². The van der Waals surface area contributed by atoms with Crippen LogP contribution in [0.5, 0.6) is 5.75 Å². The van der Waals surface area contributed by atoms with Crippen molar-refractivity contribution in [1.29, 1.82) is 0 Å². The maximum atomic E-state index is 12.9. The maximum Gasteiger partial charge on any atom is 0.277 e. The highest BCUT2D eigenvalue weighted by Crippen LogP contribution is 2.21. The molecule has 0 heterocycles. The molecule has 1 amide bonds. The van der Waals surface area contributed by atoms with Crippen LogP contribution in [0.25, 0.3) is 0 Å². The Morgan fingerprint density at radius 3 is 2.35 bits per heavy atom. The summed E-state index contributed by atoms with van der Waals surface area (Å²) in [5, 5.41) is 4.00. The van der Waals surface area contributed by atoms with Gasteiger partial charge in [0.2, 0.25) is 0 Å². The predicted molar refractivity (Wildman–Crippen MR) is 88.2 cm³/mol. The van der Waals surface area contributed by atoms with Crippen molar-refractivity contribution in [2.75, 3.05) is 6.61 Å². The molecule has 2 aromatic rings. The normalized spacial score (nSPS) is 11.2. The molecular formula is C18H19FN2O2. The number of ether oxygens (including phenoxy) is 1. The summed E-state index contributed by atoms with van der Waals surface area (Å²) in [5.41, 5.74) is 5.71. The molecule has 0 fully saturated rings. The van der Waals surface area contributed by atoms with E-state index in [2.05, 4.69) is 10.5 Å². The first-order chi connectivity index (χ1) is 11.0. The Labute approximate surface area is 135 Å². The molecule has 0 aromatic heterocycles. The van der Waals surface area contributed by atoms with Crippen molar-refractivity contribution in [1.82, 2.24) is 5.43 Å². The summed E-state index contributed by atoms with van der Waals surface area (Å²) in [6.07, 6.45) is 0. The van der Waals surface area contributed by atoms with E-state index in [4.69, 9.17) is 4.74 Å². The number of rotatable bonds is 5. The van der Waals surface area contributed by atoms with Crippen molar-refractivity contribution < 1.29 is 13.9 Å². The van der Waals surface area contributed by atoms with Crippen molar-refractivity contribution in [2.24, 2.45) is 5.10 Å². The van der Waals surface area contributed by atoms with Crippen LogP contribution in [0.1, 0.15) is 23.6 Å². The largest absolute Gasteiger partial charge is 0.483 e. The van der Waals surface area contributed by atoms with Crippen LogP contribution in [0.15, 0.2) is 47.6 Å². The zero-order valence-electron chi connectivity index (χ0n) is 13.4. The average molecular weight is 314 g/mol. The topological polar surface area (TPSA) is 50.7 Å². The van der Waals surface area contributed by atoms with E-state index in [1.54, 1.807) is 19.1 Å². The molecule has 0 saturated heterocycles. The van der Waals surface area contributed by atoms with Crippen LogP contribution >= 0.6 is 0 Å². The van der Waals surface area contributed by atoms with Gasteiger partial charge in [-0.25, -0.2) is 9.82 Å². The molecule has 120 valence electrons. The molecule has 0 spiro atoms. The number of aryl methyl sites for hydroxylation is 2. The lowest BCUT2D eigenvalue weighted by molar-refractivity contribution is -0.123. The number of halogens is 1. The Kier molecular flexibility index (Phi) is 5.46. The van der Waals surface area contributed by atoms with E-state index >= 15 is 0 Å². The minimum atomic E-state index is -0.353. The fraction of sp³-hybridized carbons (Fsp3) is 0.222. The summed E-state index contributed by atoms with van der Waals surface area (Å²) in [7, 11) is 0. The summed E-state index contributed by atoms with van der Waals surface area (Å²) in [6, 6.07) is 11.7. The van der Waals surface area contributed by atoms with Gasteiger partial charge in [0.15, 0.2) is 6.61 Å². The van der Waals surface area contributed by atoms with E-state index in [0.29, 0.717) is 11.5 Å². The van der Waals surface area contributed by atoms with E-state index in [0.717, 1.165) is 16.7 Å². The highest BCUT2D eigenvalue weighted by atomic mass is 19.1. The molecule has 4 nitrogen and oxygen atoms in total. The molecule has 0 aliphatic carbocycles. The number of para-hydroxylation sites is 1. The quantitative estimate of drug-likeness (QED) is 0.679. The second kappa shape index (κ2) is 7.54. The fourth-order valence-corrected chi connectivity index (χ4v) is 2.10. The summed E-state index contributed by atoms with van der Waals surface area (Å²) in [5.74, 6) is 0.0450. The lowest BCUT2D eigenvalue weighted by Gasteiger charge is -2.11. The van der Waals surface area contributed by atoms with Crippen LogP contribution in [-0.4, -0.2) is 18.2 Å². The van der Waals surface area contributed by atoms with Gasteiger partial charge in [-0.1, -0.05) is 30.3 Å². The third-order valence-electron chi connectivity index (χ3n) is 3.37. The van der Waals surface area contributed by atoms with Crippen LogP contribution in [0.3, 0.4) is 0 Å². The van der Waals surface area contributed by atoms with Gasteiger partial charge in [-0.3, -0.25) is 4.79 Å². The number of hydrazone groups is 1. The Morgan fingerprint density at radius 2 is 1.74 bits per heavy atom. The van der Waals surface area contributed by atoms with Crippen LogP contribution in [0, 0.1) is 19.7 Å². The van der Waals surface area contributed by atoms with Crippen molar-refractivity contribution in [2.45, 2.75) is 20.8 Å². The van der Waals surface area contributed by atoms with Gasteiger partial charge < -0.3 is 4.74 Å². The van der Waals surface area contributed by atoms with Gasteiger partial charge in [0.1, 0.15) is 11.6 Å². The SMILES string of the molecule is CC(=NNC(=O)COc1c(C)cccc1C)c1ccc(F)cc1. The molecular weight excluding hydrogens is 295 g/mol. The molecule has 0 bridgehead atoms. The Bertz CT molecular complexity index is 704. The molecule has 0 radical (unpaired) electrons. The Morgan fingerprint density at radius 1 is 1.13 bits per heavy atom. The molecule has 2 aromatic carbocycles. The maximum absolute atomic E-state index is 12.9. The number of amides is 1. The van der Waals surface area contributed by atoms with Gasteiger partial charge in [-0.05, 0) is 49.6 Å². The van der Waals surface area contributed by atoms with Gasteiger partial charge in [0, 0.05) is 0 Å². The number of nitrogens with zero attached hydrogens (tertiary/aromatic N) is 1. The summed E-state index contributed by atoms with van der Waals surface area (Å²) in [6.45, 7) is 5.47. The molecule has 0 atom stereocenters. The number of hydrogen-bond donors (Lipinski definition) is 1. The van der Waals surface area contributed by atoms with E-state index in [1.807, 2.05) is 32.0 Å². The molecule has 0 aliphatic heterocycles. The number of carbonyl (C=O) groups is 1. The molecule has 5 heteroatoms. The first-order valence-corrected chi connectivity index (χ1v) is 7.25. The average Bonchev–Trinajstić information content (AvgIpc) is 2.53. The van der Waals surface area contributed by atoms with Gasteiger partial charge >= 0.3 is 0 Å². The first-order valence-electron chi connectivity index (χ1n) is 7.25. The summed E-state index contributed by atoms with van der Waals surface area (Å²) < 4.78 is 18.4. The Hall–Kier alpha value is -2.69. The second-order valence-electron chi connectivity index (χ2n) is 5.25. The van der Waals surface area contributed by atoms with Gasteiger partial charge in [0.05, 0.1) is 5.71 Å². The van der Waals surface area contributed by atoms with E-state index < -0.39 is 0 Å². The lowest BCUT2D eigenvalue weighted by Crippen LogP contribution is -2.26. The fourth-order valence-electron chi connectivity index (χ4n) is 2.10. The van der Waals surface area contributed by atoms with Crippen LogP contribution < -0.4 is 10.2 Å². The van der Waals surface area contributed by atoms with Gasteiger partial charge in [-0.2, -0.15) is 5.10 Å². The van der Waals surface area contributed by atoms with E-state index in [-0.39, 0.29) is 18.3 Å². The van der Waals surface area contributed by atoms with Crippen molar-refractivity contribution in [3.05, 3.63) is 65.0 Å². The Balaban J connectivity index is 1.92.